The maximum atomic E-state index is 12.7. The highest BCUT2D eigenvalue weighted by atomic mass is 19.4. The summed E-state index contributed by atoms with van der Waals surface area (Å²) in [6, 6.07) is 12.0. The van der Waals surface area contributed by atoms with E-state index in [-0.39, 0.29) is 11.8 Å². The van der Waals surface area contributed by atoms with Gasteiger partial charge in [0.15, 0.2) is 0 Å². The smallest absolute Gasteiger partial charge is 0.382 e. The summed E-state index contributed by atoms with van der Waals surface area (Å²) in [5.41, 5.74) is 6.58. The number of hydrogen-bond donors (Lipinski definition) is 2. The molecule has 0 saturated carbocycles. The first-order valence-corrected chi connectivity index (χ1v) is 8.37. The van der Waals surface area contributed by atoms with Crippen LogP contribution in [0.25, 0.3) is 5.69 Å². The standard InChI is InChI=1S/C18H16F3N7/c19-18(20,21)15-8-10-25-17(26-15)24-9-4-7-14-13(11-22)16(23)28(27-14)12-5-2-1-3-6-12/h1-3,5-6,8,10H,4,7,9,23H2,(H,24,25,26). The second-order valence-electron chi connectivity index (χ2n) is 5.86. The van der Waals surface area contributed by atoms with Gasteiger partial charge in [-0.1, -0.05) is 18.2 Å². The number of alkyl halides is 3. The number of anilines is 2. The molecule has 0 unspecified atom stereocenters. The third kappa shape index (κ3) is 4.20. The molecule has 0 aliphatic carbocycles. The molecule has 0 spiro atoms. The van der Waals surface area contributed by atoms with Crippen LogP contribution in [0.2, 0.25) is 0 Å². The molecule has 0 atom stereocenters. The lowest BCUT2D eigenvalue weighted by Crippen LogP contribution is -2.12. The van der Waals surface area contributed by atoms with E-state index < -0.39 is 11.9 Å². The molecule has 2 heterocycles. The fraction of sp³-hybridized carbons (Fsp3) is 0.222. The van der Waals surface area contributed by atoms with E-state index in [4.69, 9.17) is 5.73 Å². The molecule has 0 aliphatic rings. The van der Waals surface area contributed by atoms with E-state index in [1.54, 1.807) is 0 Å². The lowest BCUT2D eigenvalue weighted by molar-refractivity contribution is -0.141. The molecule has 0 bridgehead atoms. The molecule has 3 rings (SSSR count). The Hall–Kier alpha value is -3.61. The lowest BCUT2D eigenvalue weighted by atomic mass is 10.1. The average molecular weight is 387 g/mol. The van der Waals surface area contributed by atoms with Gasteiger partial charge in [-0.2, -0.15) is 23.5 Å². The molecular formula is C18H16F3N7. The average Bonchev–Trinajstić information content (AvgIpc) is 3.01. The number of benzene rings is 1. The summed E-state index contributed by atoms with van der Waals surface area (Å²) < 4.78 is 39.5. The van der Waals surface area contributed by atoms with E-state index in [2.05, 4.69) is 26.5 Å². The van der Waals surface area contributed by atoms with Gasteiger partial charge >= 0.3 is 6.18 Å². The zero-order valence-electron chi connectivity index (χ0n) is 14.6. The van der Waals surface area contributed by atoms with Crippen LogP contribution in [0.4, 0.5) is 24.9 Å². The molecule has 28 heavy (non-hydrogen) atoms. The molecule has 7 nitrogen and oxygen atoms in total. The van der Waals surface area contributed by atoms with Crippen LogP contribution in [0.15, 0.2) is 42.6 Å². The number of rotatable bonds is 6. The monoisotopic (exact) mass is 387 g/mol. The Bertz CT molecular complexity index is 991. The SMILES string of the molecule is N#Cc1c(CCCNc2nccc(C(F)(F)F)n2)nn(-c2ccccc2)c1N. The van der Waals surface area contributed by atoms with Gasteiger partial charge in [0.05, 0.1) is 11.4 Å². The zero-order valence-corrected chi connectivity index (χ0v) is 14.6. The van der Waals surface area contributed by atoms with E-state index in [0.29, 0.717) is 30.6 Å². The maximum absolute atomic E-state index is 12.7. The number of aromatic nitrogens is 4. The molecular weight excluding hydrogens is 371 g/mol. The summed E-state index contributed by atoms with van der Waals surface area (Å²) in [4.78, 5) is 7.22. The van der Waals surface area contributed by atoms with Crippen LogP contribution in [-0.4, -0.2) is 26.3 Å². The van der Waals surface area contributed by atoms with Crippen molar-refractivity contribution in [3.63, 3.8) is 0 Å². The van der Waals surface area contributed by atoms with Gasteiger partial charge in [0.2, 0.25) is 5.95 Å². The number of halogens is 3. The first-order valence-electron chi connectivity index (χ1n) is 8.37. The third-order valence-electron chi connectivity index (χ3n) is 3.93. The van der Waals surface area contributed by atoms with Gasteiger partial charge in [-0.05, 0) is 31.0 Å². The number of nitrogens with zero attached hydrogens (tertiary/aromatic N) is 5. The highest BCUT2D eigenvalue weighted by Crippen LogP contribution is 2.27. The summed E-state index contributed by atoms with van der Waals surface area (Å²) in [5, 5.41) is 16.5. The number of nitrogen functional groups attached to an aromatic ring is 1. The minimum Gasteiger partial charge on any atom is -0.382 e. The van der Waals surface area contributed by atoms with Crippen LogP contribution >= 0.6 is 0 Å². The second-order valence-corrected chi connectivity index (χ2v) is 5.86. The Balaban J connectivity index is 1.65. The van der Waals surface area contributed by atoms with E-state index in [0.717, 1.165) is 18.0 Å². The fourth-order valence-corrected chi connectivity index (χ4v) is 2.60. The number of nitrogens with two attached hydrogens (primary N) is 1. The molecule has 0 aliphatic heterocycles. The van der Waals surface area contributed by atoms with E-state index in [1.165, 1.54) is 4.68 Å². The number of hydrogen-bond acceptors (Lipinski definition) is 6. The molecule has 3 N–H and O–H groups in total. The van der Waals surface area contributed by atoms with E-state index in [1.807, 2.05) is 30.3 Å². The summed E-state index contributed by atoms with van der Waals surface area (Å²) in [6.45, 7) is 0.310. The van der Waals surface area contributed by atoms with Gasteiger partial charge in [-0.25, -0.2) is 14.6 Å². The molecule has 0 amide bonds. The number of nitrogens with one attached hydrogen (secondary N) is 1. The van der Waals surface area contributed by atoms with Crippen molar-refractivity contribution >= 4 is 11.8 Å². The van der Waals surface area contributed by atoms with Crippen LogP contribution in [0, 0.1) is 11.3 Å². The minimum absolute atomic E-state index is 0.107. The Morgan fingerprint density at radius 1 is 1.18 bits per heavy atom. The third-order valence-corrected chi connectivity index (χ3v) is 3.93. The van der Waals surface area contributed by atoms with Crippen LogP contribution < -0.4 is 11.1 Å². The molecule has 3 aromatic rings. The van der Waals surface area contributed by atoms with Crippen molar-refractivity contribution in [2.24, 2.45) is 0 Å². The minimum atomic E-state index is -4.52. The lowest BCUT2D eigenvalue weighted by Gasteiger charge is -2.08. The Kier molecular flexibility index (Phi) is 5.44. The molecule has 1 aromatic carbocycles. The predicted molar refractivity (Wildman–Crippen MR) is 96.5 cm³/mol. The van der Waals surface area contributed by atoms with Crippen molar-refractivity contribution in [3.8, 4) is 11.8 Å². The first-order chi connectivity index (χ1) is 13.4. The van der Waals surface area contributed by atoms with Gasteiger partial charge in [0.1, 0.15) is 23.1 Å². The first kappa shape index (κ1) is 19.2. The Morgan fingerprint density at radius 2 is 1.93 bits per heavy atom. The van der Waals surface area contributed by atoms with Gasteiger partial charge in [0.25, 0.3) is 0 Å². The molecule has 0 saturated heterocycles. The summed E-state index contributed by atoms with van der Waals surface area (Å²) in [7, 11) is 0. The van der Waals surface area contributed by atoms with E-state index >= 15 is 0 Å². The van der Waals surface area contributed by atoms with Gasteiger partial charge in [0, 0.05) is 12.7 Å². The molecule has 10 heteroatoms. The van der Waals surface area contributed by atoms with Crippen molar-refractivity contribution in [2.75, 3.05) is 17.6 Å². The van der Waals surface area contributed by atoms with Gasteiger partial charge in [-0.15, -0.1) is 0 Å². The van der Waals surface area contributed by atoms with Crippen molar-refractivity contribution in [1.29, 1.82) is 5.26 Å². The molecule has 144 valence electrons. The van der Waals surface area contributed by atoms with Crippen molar-refractivity contribution in [3.05, 3.63) is 59.5 Å². The highest BCUT2D eigenvalue weighted by Gasteiger charge is 2.32. The Morgan fingerprint density at radius 3 is 2.61 bits per heavy atom. The normalized spacial score (nSPS) is 11.2. The van der Waals surface area contributed by atoms with Crippen LogP contribution in [0.3, 0.4) is 0 Å². The van der Waals surface area contributed by atoms with E-state index in [9.17, 15) is 18.4 Å². The second kappa shape index (κ2) is 7.96. The van der Waals surface area contributed by atoms with Crippen molar-refractivity contribution in [1.82, 2.24) is 19.7 Å². The maximum Gasteiger partial charge on any atom is 0.433 e. The number of para-hydroxylation sites is 1. The highest BCUT2D eigenvalue weighted by molar-refractivity contribution is 5.56. The van der Waals surface area contributed by atoms with Crippen LogP contribution in [0.1, 0.15) is 23.4 Å². The molecule has 0 radical (unpaired) electrons. The zero-order chi connectivity index (χ0) is 20.1. The van der Waals surface area contributed by atoms with Crippen LogP contribution in [-0.2, 0) is 12.6 Å². The molecule has 2 aromatic heterocycles. The summed E-state index contributed by atoms with van der Waals surface area (Å²) >= 11 is 0. The van der Waals surface area contributed by atoms with Gasteiger partial charge in [-0.3, -0.25) is 0 Å². The van der Waals surface area contributed by atoms with Crippen LogP contribution in [0.5, 0.6) is 0 Å². The van der Waals surface area contributed by atoms with Gasteiger partial charge < -0.3 is 11.1 Å². The summed E-state index contributed by atoms with van der Waals surface area (Å²) in [6.07, 6.45) is -2.56. The topological polar surface area (TPSA) is 105 Å². The fourth-order valence-electron chi connectivity index (χ4n) is 2.60. The van der Waals surface area contributed by atoms with Crippen molar-refractivity contribution in [2.45, 2.75) is 19.0 Å². The Labute approximate surface area is 158 Å². The van der Waals surface area contributed by atoms with Crippen molar-refractivity contribution < 1.29 is 13.2 Å². The molecule has 0 fully saturated rings. The summed E-state index contributed by atoms with van der Waals surface area (Å²) in [5.74, 6) is 0.141. The largest absolute Gasteiger partial charge is 0.433 e. The number of nitriles is 1. The number of aryl methyl sites for hydroxylation is 1. The predicted octanol–water partition coefficient (Wildman–Crippen LogP) is 3.18. The quantitative estimate of drug-likeness (QED) is 0.630.